The van der Waals surface area contributed by atoms with E-state index in [1.807, 2.05) is 0 Å². The average molecular weight is 518 g/mol. The number of para-hydroxylation sites is 1. The van der Waals surface area contributed by atoms with Gasteiger partial charge in [0, 0.05) is 54.9 Å². The maximum atomic E-state index is 12.5. The summed E-state index contributed by atoms with van der Waals surface area (Å²) < 4.78 is 18.7. The zero-order valence-corrected chi connectivity index (χ0v) is 22.4. The van der Waals surface area contributed by atoms with Gasteiger partial charge in [0.1, 0.15) is 11.9 Å². The lowest BCUT2D eigenvalue weighted by Crippen LogP contribution is -2.58. The Bertz CT molecular complexity index is 1260. The monoisotopic (exact) mass is 517 g/mol. The van der Waals surface area contributed by atoms with Crippen molar-refractivity contribution in [1.29, 1.82) is 0 Å². The van der Waals surface area contributed by atoms with E-state index in [1.54, 1.807) is 0 Å². The Hall–Kier alpha value is -2.41. The summed E-state index contributed by atoms with van der Waals surface area (Å²) >= 11 is 0. The van der Waals surface area contributed by atoms with Gasteiger partial charge in [-0.3, -0.25) is 14.2 Å². The number of nitrogens with zero attached hydrogens (tertiary/aromatic N) is 2. The van der Waals surface area contributed by atoms with Crippen molar-refractivity contribution in [3.63, 3.8) is 0 Å². The number of aliphatic hydroxyl groups excluding tert-OH is 1. The molecule has 3 heterocycles. The molecule has 2 unspecified atom stereocenters. The number of rotatable bonds is 8. The van der Waals surface area contributed by atoms with Gasteiger partial charge in [-0.25, -0.2) is 0 Å². The highest BCUT2D eigenvalue weighted by atomic mass is 19.1. The molecule has 0 radical (unpaired) electrons. The molecular weight excluding hydrogens is 477 g/mol. The Kier molecular flexibility index (Phi) is 6.45. The Balaban J connectivity index is 1.19. The van der Waals surface area contributed by atoms with E-state index in [9.17, 15) is 9.50 Å². The van der Waals surface area contributed by atoms with Gasteiger partial charge in [-0.05, 0) is 86.1 Å². The minimum Gasteiger partial charge on any atom is -0.488 e. The number of ether oxygens (including phenoxy) is 1. The van der Waals surface area contributed by atoms with Crippen molar-refractivity contribution in [2.45, 2.75) is 63.3 Å². The Morgan fingerprint density at radius 1 is 1.03 bits per heavy atom. The predicted molar refractivity (Wildman–Crippen MR) is 148 cm³/mol. The Morgan fingerprint density at radius 2 is 1.82 bits per heavy atom. The molecule has 2 N–H and O–H groups in total. The number of likely N-dealkylation sites (tertiary alicyclic amines) is 1. The third kappa shape index (κ3) is 4.16. The van der Waals surface area contributed by atoms with Crippen LogP contribution in [0, 0.1) is 17.8 Å². The van der Waals surface area contributed by atoms with E-state index in [4.69, 9.17) is 4.74 Å². The molecule has 4 atom stereocenters. The predicted octanol–water partition coefficient (Wildman–Crippen LogP) is 5.33. The summed E-state index contributed by atoms with van der Waals surface area (Å²) in [5.74, 6) is 2.81. The number of H-pyrrole nitrogens is 1. The quantitative estimate of drug-likeness (QED) is 0.424. The van der Waals surface area contributed by atoms with Crippen molar-refractivity contribution in [3.05, 3.63) is 65.4 Å². The summed E-state index contributed by atoms with van der Waals surface area (Å²) in [6.07, 6.45) is 5.48. The number of aliphatic hydroxyl groups is 1. The number of aromatic nitrogens is 1. The van der Waals surface area contributed by atoms with Gasteiger partial charge in [0.15, 0.2) is 0 Å². The lowest BCUT2D eigenvalue weighted by Gasteiger charge is -2.58. The zero-order valence-electron chi connectivity index (χ0n) is 22.4. The number of nitrogens with one attached hydrogen (secondary N) is 1. The second kappa shape index (κ2) is 9.96. The average Bonchev–Trinajstić information content (AvgIpc) is 3.26. The van der Waals surface area contributed by atoms with Crippen LogP contribution in [0.3, 0.4) is 0 Å². The van der Waals surface area contributed by atoms with Crippen LogP contribution in [0.4, 0.5) is 4.39 Å². The Morgan fingerprint density at radius 3 is 2.58 bits per heavy atom. The maximum absolute atomic E-state index is 12.5. The molecule has 8 rings (SSSR count). The maximum Gasteiger partial charge on any atom is 0.124 e. The summed E-state index contributed by atoms with van der Waals surface area (Å²) in [6, 6.07) is 18.6. The van der Waals surface area contributed by atoms with E-state index in [1.165, 1.54) is 40.6 Å². The van der Waals surface area contributed by atoms with Crippen LogP contribution >= 0.6 is 0 Å². The molecule has 0 amide bonds. The van der Waals surface area contributed by atoms with Crippen molar-refractivity contribution < 1.29 is 14.2 Å². The first-order valence-electron chi connectivity index (χ1n) is 14.7. The molecule has 1 saturated heterocycles. The first-order chi connectivity index (χ1) is 18.6. The molecule has 6 heteroatoms. The summed E-state index contributed by atoms with van der Waals surface area (Å²) in [7, 11) is 0. The highest BCUT2D eigenvalue weighted by molar-refractivity contribution is 5.85. The highest BCUT2D eigenvalue weighted by Gasteiger charge is 2.51. The molecule has 3 saturated carbocycles. The molecule has 38 heavy (non-hydrogen) atoms. The van der Waals surface area contributed by atoms with E-state index in [0.717, 1.165) is 50.1 Å². The molecular formula is C32H40FN3O2. The topological polar surface area (TPSA) is 51.7 Å². The molecule has 202 valence electrons. The third-order valence-electron chi connectivity index (χ3n) is 10.0. The molecule has 1 aromatic heterocycles. The van der Waals surface area contributed by atoms with Crippen LogP contribution in [0.25, 0.3) is 10.9 Å². The molecule has 5 aliphatic rings. The fourth-order valence-corrected chi connectivity index (χ4v) is 8.01. The van der Waals surface area contributed by atoms with E-state index < -0.39 is 0 Å². The summed E-state index contributed by atoms with van der Waals surface area (Å²) in [5.41, 5.74) is 5.32. The van der Waals surface area contributed by atoms with Crippen LogP contribution in [-0.2, 0) is 6.42 Å². The number of fused-ring (bicyclic) bond motifs is 5. The number of hydrogen-bond acceptors (Lipinski definition) is 4. The van der Waals surface area contributed by atoms with Gasteiger partial charge < -0.3 is 14.8 Å². The van der Waals surface area contributed by atoms with Crippen LogP contribution in [0.1, 0.15) is 55.5 Å². The van der Waals surface area contributed by atoms with Crippen LogP contribution in [0.15, 0.2) is 48.5 Å². The van der Waals surface area contributed by atoms with Crippen molar-refractivity contribution in [2.75, 3.05) is 32.9 Å². The van der Waals surface area contributed by atoms with Crippen LogP contribution in [0.2, 0.25) is 0 Å². The zero-order chi connectivity index (χ0) is 25.8. The fourth-order valence-electron chi connectivity index (χ4n) is 8.01. The second-order valence-electron chi connectivity index (χ2n) is 12.3. The van der Waals surface area contributed by atoms with Gasteiger partial charge in [-0.15, -0.1) is 0 Å². The van der Waals surface area contributed by atoms with Crippen molar-refractivity contribution in [3.8, 4) is 5.75 Å². The highest BCUT2D eigenvalue weighted by Crippen LogP contribution is 2.54. The van der Waals surface area contributed by atoms with Crippen molar-refractivity contribution in [2.24, 2.45) is 17.8 Å². The molecule has 0 spiro atoms. The number of benzene rings is 2. The van der Waals surface area contributed by atoms with E-state index in [-0.39, 0.29) is 18.8 Å². The van der Waals surface area contributed by atoms with Gasteiger partial charge in [0.2, 0.25) is 0 Å². The SMILES string of the molecule is C[C@@H]1Cc2c([nH]c3ccccc23)[C@@H](c2ccc(OC3CN(CCCF)C3)cc2)N1C1CC(CO)C2CC1C2. The molecule has 2 aromatic carbocycles. The van der Waals surface area contributed by atoms with E-state index >= 15 is 0 Å². The van der Waals surface area contributed by atoms with Gasteiger partial charge in [-0.1, -0.05) is 30.3 Å². The summed E-state index contributed by atoms with van der Waals surface area (Å²) in [6.45, 7) is 5.05. The standard InChI is InChI=1S/C32H40FN3O2/c1-20-13-28-27-5-2-3-6-29(27)34-31(28)32(36(20)30-16-24(19-37)22-14-23(30)15-22)21-7-9-25(10-8-21)38-26-17-35(18-26)12-4-11-33/h2-3,5-10,20,22-24,26,30,32,34,37H,4,11-19H2,1H3/t20-,22?,23?,24?,30?,32-/m1/s1. The lowest BCUT2D eigenvalue weighted by molar-refractivity contribution is -0.0791. The first kappa shape index (κ1) is 24.6. The molecule has 2 bridgehead atoms. The van der Waals surface area contributed by atoms with Gasteiger partial charge >= 0.3 is 0 Å². The van der Waals surface area contributed by atoms with Gasteiger partial charge in [-0.2, -0.15) is 0 Å². The third-order valence-corrected chi connectivity index (χ3v) is 10.0. The largest absolute Gasteiger partial charge is 0.488 e. The lowest BCUT2D eigenvalue weighted by atomic mass is 9.57. The fraction of sp³-hybridized carbons (Fsp3) is 0.562. The summed E-state index contributed by atoms with van der Waals surface area (Å²) in [4.78, 5) is 8.89. The van der Waals surface area contributed by atoms with E-state index in [0.29, 0.717) is 31.0 Å². The smallest absolute Gasteiger partial charge is 0.124 e. The van der Waals surface area contributed by atoms with Crippen molar-refractivity contribution in [1.82, 2.24) is 14.8 Å². The second-order valence-corrected chi connectivity index (χ2v) is 12.3. The molecule has 2 aliphatic heterocycles. The first-order valence-corrected chi connectivity index (χ1v) is 14.7. The minimum absolute atomic E-state index is 0.164. The molecule has 3 aliphatic carbocycles. The normalized spacial score (nSPS) is 31.6. The van der Waals surface area contributed by atoms with Gasteiger partial charge in [0.05, 0.1) is 12.7 Å². The molecule has 5 nitrogen and oxygen atoms in total. The van der Waals surface area contributed by atoms with Crippen molar-refractivity contribution >= 4 is 10.9 Å². The Labute approximate surface area is 225 Å². The van der Waals surface area contributed by atoms with Crippen LogP contribution in [-0.4, -0.2) is 71.0 Å². The van der Waals surface area contributed by atoms with Crippen LogP contribution in [0.5, 0.6) is 5.75 Å². The number of hydrogen-bond donors (Lipinski definition) is 2. The van der Waals surface area contributed by atoms with E-state index in [2.05, 4.69) is 70.2 Å². The van der Waals surface area contributed by atoms with Crippen LogP contribution < -0.4 is 4.74 Å². The van der Waals surface area contributed by atoms with Gasteiger partial charge in [0.25, 0.3) is 0 Å². The minimum atomic E-state index is -0.249. The summed E-state index contributed by atoms with van der Waals surface area (Å²) in [5, 5.41) is 11.5. The number of aromatic amines is 1. The number of alkyl halides is 1. The molecule has 3 aromatic rings. The molecule has 4 fully saturated rings. The number of halogens is 1.